The van der Waals surface area contributed by atoms with Crippen LogP contribution < -0.4 is 5.32 Å². The minimum Gasteiger partial charge on any atom is -0.311 e. The average Bonchev–Trinajstić information content (AvgIpc) is 2.39. The summed E-state index contributed by atoms with van der Waals surface area (Å²) >= 11 is 3.39. The highest BCUT2D eigenvalue weighted by atomic mass is 79.9. The van der Waals surface area contributed by atoms with Gasteiger partial charge in [-0.05, 0) is 38.1 Å². The van der Waals surface area contributed by atoms with Gasteiger partial charge in [0.1, 0.15) is 5.82 Å². The van der Waals surface area contributed by atoms with Crippen LogP contribution in [0.4, 0.5) is 4.39 Å². The Morgan fingerprint density at radius 2 is 2.11 bits per heavy atom. The Bertz CT molecular complexity index is 557. The number of benzene rings is 1. The molecule has 1 aromatic heterocycles. The highest BCUT2D eigenvalue weighted by Crippen LogP contribution is 2.23. The van der Waals surface area contributed by atoms with Crippen LogP contribution >= 0.6 is 15.9 Å². The fourth-order valence-corrected chi connectivity index (χ4v) is 2.36. The van der Waals surface area contributed by atoms with Crippen molar-refractivity contribution in [1.29, 1.82) is 0 Å². The van der Waals surface area contributed by atoms with Crippen molar-refractivity contribution in [2.24, 2.45) is 0 Å². The van der Waals surface area contributed by atoms with E-state index in [1.165, 1.54) is 12.1 Å². The molecule has 1 N–H and O–H groups in total. The molecular weight excluding hydrogens is 309 g/mol. The van der Waals surface area contributed by atoms with Gasteiger partial charge in [-0.3, -0.25) is 9.97 Å². The van der Waals surface area contributed by atoms with E-state index in [1.54, 1.807) is 18.5 Å². The Balaban J connectivity index is 2.21. The van der Waals surface area contributed by atoms with Crippen LogP contribution in [0, 0.1) is 12.7 Å². The Kier molecular flexibility index (Phi) is 4.61. The maximum absolute atomic E-state index is 13.1. The van der Waals surface area contributed by atoms with E-state index in [4.69, 9.17) is 0 Å². The molecule has 1 atom stereocenters. The molecule has 100 valence electrons. The second-order valence-corrected chi connectivity index (χ2v) is 5.22. The molecule has 1 heterocycles. The average molecular weight is 324 g/mol. The largest absolute Gasteiger partial charge is 0.311 e. The fourth-order valence-electron chi connectivity index (χ4n) is 1.84. The molecule has 0 fully saturated rings. The molecule has 0 bridgehead atoms. The van der Waals surface area contributed by atoms with E-state index >= 15 is 0 Å². The third-order valence-corrected chi connectivity index (χ3v) is 3.68. The summed E-state index contributed by atoms with van der Waals surface area (Å²) in [6, 6.07) is 4.77. The number of aryl methyl sites for hydroxylation is 1. The lowest BCUT2D eigenvalue weighted by atomic mass is 10.0. The first-order valence-corrected chi connectivity index (χ1v) is 6.79. The van der Waals surface area contributed by atoms with E-state index in [9.17, 15) is 4.39 Å². The van der Waals surface area contributed by atoms with Gasteiger partial charge >= 0.3 is 0 Å². The summed E-state index contributed by atoms with van der Waals surface area (Å²) in [6.07, 6.45) is 4.24. The monoisotopic (exact) mass is 323 g/mol. The van der Waals surface area contributed by atoms with Crippen LogP contribution in [-0.2, 0) is 6.42 Å². The smallest absolute Gasteiger partial charge is 0.124 e. The van der Waals surface area contributed by atoms with Crippen molar-refractivity contribution in [3.8, 4) is 0 Å². The lowest BCUT2D eigenvalue weighted by molar-refractivity contribution is 0.569. The van der Waals surface area contributed by atoms with Gasteiger partial charge in [0.15, 0.2) is 0 Å². The molecule has 0 spiro atoms. The number of nitrogens with zero attached hydrogens (tertiary/aromatic N) is 2. The zero-order valence-electron chi connectivity index (χ0n) is 10.8. The van der Waals surface area contributed by atoms with Gasteiger partial charge < -0.3 is 5.32 Å². The third-order valence-electron chi connectivity index (χ3n) is 2.95. The van der Waals surface area contributed by atoms with Gasteiger partial charge in [-0.25, -0.2) is 4.39 Å². The molecule has 0 aliphatic rings. The second kappa shape index (κ2) is 6.21. The fraction of sp³-hybridized carbons (Fsp3) is 0.286. The first kappa shape index (κ1) is 14.1. The van der Waals surface area contributed by atoms with Crippen LogP contribution in [-0.4, -0.2) is 17.0 Å². The van der Waals surface area contributed by atoms with Crippen molar-refractivity contribution in [2.75, 3.05) is 7.05 Å². The van der Waals surface area contributed by atoms with Gasteiger partial charge in [0, 0.05) is 10.7 Å². The Labute approximate surface area is 120 Å². The lowest BCUT2D eigenvalue weighted by Crippen LogP contribution is -2.20. The molecule has 3 nitrogen and oxygen atoms in total. The minimum atomic E-state index is -0.244. The molecule has 0 saturated carbocycles. The van der Waals surface area contributed by atoms with Crippen LogP contribution in [0.15, 0.2) is 35.1 Å². The number of hydrogen-bond donors (Lipinski definition) is 1. The Morgan fingerprint density at radius 1 is 1.32 bits per heavy atom. The van der Waals surface area contributed by atoms with Gasteiger partial charge in [0.05, 0.1) is 23.6 Å². The van der Waals surface area contributed by atoms with Gasteiger partial charge in [-0.2, -0.15) is 0 Å². The summed E-state index contributed by atoms with van der Waals surface area (Å²) in [4.78, 5) is 8.63. The van der Waals surface area contributed by atoms with E-state index in [0.29, 0.717) is 0 Å². The highest BCUT2D eigenvalue weighted by Gasteiger charge is 2.14. The quantitative estimate of drug-likeness (QED) is 0.939. The number of likely N-dealkylation sites (N-methyl/N-ethyl adjacent to an activating group) is 1. The molecule has 2 rings (SSSR count). The van der Waals surface area contributed by atoms with Crippen molar-refractivity contribution in [1.82, 2.24) is 15.3 Å². The maximum Gasteiger partial charge on any atom is 0.124 e. The minimum absolute atomic E-state index is 0.0508. The summed E-state index contributed by atoms with van der Waals surface area (Å²) in [5, 5.41) is 3.21. The van der Waals surface area contributed by atoms with Crippen molar-refractivity contribution < 1.29 is 4.39 Å². The molecule has 5 heteroatoms. The summed E-state index contributed by atoms with van der Waals surface area (Å²) < 4.78 is 13.8. The van der Waals surface area contributed by atoms with E-state index < -0.39 is 0 Å². The standard InChI is InChI=1S/C14H15BrFN3/c1-9-7-19-14(8-18-9)13(17-2)5-10-3-4-11(16)6-12(10)15/h3-4,6-8,13,17H,5H2,1-2H3. The zero-order valence-corrected chi connectivity index (χ0v) is 12.4. The van der Waals surface area contributed by atoms with E-state index in [2.05, 4.69) is 31.2 Å². The highest BCUT2D eigenvalue weighted by molar-refractivity contribution is 9.10. The van der Waals surface area contributed by atoms with Crippen molar-refractivity contribution in [2.45, 2.75) is 19.4 Å². The Hall–Kier alpha value is -1.33. The maximum atomic E-state index is 13.1. The van der Waals surface area contributed by atoms with Crippen LogP contribution in [0.2, 0.25) is 0 Å². The normalized spacial score (nSPS) is 12.4. The number of rotatable bonds is 4. The molecule has 0 saturated heterocycles. The first-order valence-electron chi connectivity index (χ1n) is 6.00. The molecule has 0 aliphatic carbocycles. The summed E-state index contributed by atoms with van der Waals surface area (Å²) in [5.74, 6) is -0.244. The van der Waals surface area contributed by atoms with Crippen LogP contribution in [0.3, 0.4) is 0 Å². The molecule has 0 aliphatic heterocycles. The predicted molar refractivity (Wildman–Crippen MR) is 76.4 cm³/mol. The molecular formula is C14H15BrFN3. The Morgan fingerprint density at radius 3 is 2.68 bits per heavy atom. The van der Waals surface area contributed by atoms with E-state index in [1.807, 2.05) is 14.0 Å². The van der Waals surface area contributed by atoms with Gasteiger partial charge in [-0.1, -0.05) is 22.0 Å². The molecule has 1 unspecified atom stereocenters. The van der Waals surface area contributed by atoms with Crippen molar-refractivity contribution in [3.63, 3.8) is 0 Å². The number of halogens is 2. The molecule has 0 radical (unpaired) electrons. The third kappa shape index (κ3) is 3.58. The summed E-state index contributed by atoms with van der Waals surface area (Å²) in [7, 11) is 1.88. The summed E-state index contributed by atoms with van der Waals surface area (Å²) in [5.41, 5.74) is 2.80. The number of aromatic nitrogens is 2. The number of hydrogen-bond acceptors (Lipinski definition) is 3. The topological polar surface area (TPSA) is 37.8 Å². The SMILES string of the molecule is CNC(Cc1ccc(F)cc1Br)c1cnc(C)cn1. The van der Waals surface area contributed by atoms with Crippen molar-refractivity contribution >= 4 is 15.9 Å². The predicted octanol–water partition coefficient (Wildman–Crippen LogP) is 3.19. The first-order chi connectivity index (χ1) is 9.10. The molecule has 1 aromatic carbocycles. The second-order valence-electron chi connectivity index (χ2n) is 4.36. The van der Waals surface area contributed by atoms with Crippen LogP contribution in [0.25, 0.3) is 0 Å². The summed E-state index contributed by atoms with van der Waals surface area (Å²) in [6.45, 7) is 1.90. The van der Waals surface area contributed by atoms with Gasteiger partial charge in [-0.15, -0.1) is 0 Å². The molecule has 2 aromatic rings. The van der Waals surface area contributed by atoms with Gasteiger partial charge in [0.2, 0.25) is 0 Å². The van der Waals surface area contributed by atoms with E-state index in [-0.39, 0.29) is 11.9 Å². The number of nitrogens with one attached hydrogen (secondary N) is 1. The molecule has 19 heavy (non-hydrogen) atoms. The van der Waals surface area contributed by atoms with Crippen LogP contribution in [0.1, 0.15) is 23.0 Å². The van der Waals surface area contributed by atoms with E-state index in [0.717, 1.165) is 27.8 Å². The lowest BCUT2D eigenvalue weighted by Gasteiger charge is -2.16. The van der Waals surface area contributed by atoms with Crippen LogP contribution in [0.5, 0.6) is 0 Å². The zero-order chi connectivity index (χ0) is 13.8. The molecule has 0 amide bonds. The van der Waals surface area contributed by atoms with Crippen molar-refractivity contribution in [3.05, 3.63) is 57.8 Å². The van der Waals surface area contributed by atoms with Gasteiger partial charge in [0.25, 0.3) is 0 Å².